The summed E-state index contributed by atoms with van der Waals surface area (Å²) in [5.74, 6) is 1.02. The van der Waals surface area contributed by atoms with Gasteiger partial charge in [-0.3, -0.25) is 5.43 Å². The first-order chi connectivity index (χ1) is 10.7. The number of hydrazone groups is 1. The molecule has 22 heavy (non-hydrogen) atoms. The summed E-state index contributed by atoms with van der Waals surface area (Å²) in [7, 11) is 1.64. The molecule has 0 heterocycles. The third-order valence-corrected chi connectivity index (χ3v) is 3.10. The monoisotopic (exact) mass is 315 g/mol. The fourth-order valence-electron chi connectivity index (χ4n) is 1.74. The van der Waals surface area contributed by atoms with Crippen LogP contribution in [0, 0.1) is 0 Å². The number of nitrogens with zero attached hydrogens (tertiary/aromatic N) is 1. The molecule has 0 atom stereocenters. The molecule has 0 aliphatic heterocycles. The Morgan fingerprint density at radius 3 is 2.73 bits per heavy atom. The third kappa shape index (κ3) is 5.06. The van der Waals surface area contributed by atoms with Gasteiger partial charge in [0, 0.05) is 6.54 Å². The summed E-state index contributed by atoms with van der Waals surface area (Å²) >= 11 is 5.13. The smallest absolute Gasteiger partial charge is 0.187 e. The number of hydrogen-bond acceptors (Lipinski definition) is 4. The van der Waals surface area contributed by atoms with Gasteiger partial charge in [0.1, 0.15) is 11.5 Å². The van der Waals surface area contributed by atoms with Crippen molar-refractivity contribution in [2.45, 2.75) is 6.54 Å². The van der Waals surface area contributed by atoms with Gasteiger partial charge >= 0.3 is 0 Å². The Balaban J connectivity index is 1.77. The Hall–Kier alpha value is -2.60. The van der Waals surface area contributed by atoms with Crippen LogP contribution in [0.5, 0.6) is 11.5 Å². The van der Waals surface area contributed by atoms with Crippen molar-refractivity contribution in [3.8, 4) is 11.5 Å². The Morgan fingerprint density at radius 1 is 1.27 bits per heavy atom. The molecule has 0 radical (unpaired) electrons. The van der Waals surface area contributed by atoms with E-state index in [0.717, 1.165) is 16.9 Å². The zero-order valence-corrected chi connectivity index (χ0v) is 12.9. The van der Waals surface area contributed by atoms with E-state index in [2.05, 4.69) is 15.8 Å². The Labute approximate surface area is 134 Å². The molecular formula is C16H17N3O2S. The molecular weight excluding hydrogens is 298 g/mol. The number of phenols is 1. The predicted molar refractivity (Wildman–Crippen MR) is 91.3 cm³/mol. The summed E-state index contributed by atoms with van der Waals surface area (Å²) in [6.07, 6.45) is 1.58. The van der Waals surface area contributed by atoms with Gasteiger partial charge in [-0.25, -0.2) is 0 Å². The van der Waals surface area contributed by atoms with Crippen LogP contribution in [0.25, 0.3) is 0 Å². The lowest BCUT2D eigenvalue weighted by Crippen LogP contribution is -2.31. The molecule has 0 saturated carbocycles. The largest absolute Gasteiger partial charge is 0.508 e. The number of ether oxygens (including phenoxy) is 1. The molecule has 0 saturated heterocycles. The lowest BCUT2D eigenvalue weighted by atomic mass is 10.2. The van der Waals surface area contributed by atoms with Crippen LogP contribution in [0.1, 0.15) is 11.1 Å². The minimum Gasteiger partial charge on any atom is -0.508 e. The summed E-state index contributed by atoms with van der Waals surface area (Å²) < 4.78 is 5.10. The maximum absolute atomic E-state index is 9.34. The molecule has 0 aliphatic rings. The van der Waals surface area contributed by atoms with Crippen molar-refractivity contribution >= 4 is 23.5 Å². The lowest BCUT2D eigenvalue weighted by molar-refractivity contribution is 0.414. The zero-order chi connectivity index (χ0) is 15.8. The topological polar surface area (TPSA) is 65.9 Å². The molecule has 0 aliphatic carbocycles. The summed E-state index contributed by atoms with van der Waals surface area (Å²) in [4.78, 5) is 0. The van der Waals surface area contributed by atoms with Crippen LogP contribution >= 0.6 is 12.2 Å². The second-order valence-corrected chi connectivity index (χ2v) is 4.90. The van der Waals surface area contributed by atoms with E-state index in [-0.39, 0.29) is 5.75 Å². The van der Waals surface area contributed by atoms with E-state index >= 15 is 0 Å². The van der Waals surface area contributed by atoms with Crippen LogP contribution in [-0.2, 0) is 6.54 Å². The maximum Gasteiger partial charge on any atom is 0.187 e. The van der Waals surface area contributed by atoms with Crippen LogP contribution in [0.2, 0.25) is 0 Å². The van der Waals surface area contributed by atoms with Gasteiger partial charge in [-0.1, -0.05) is 24.3 Å². The first-order valence-electron chi connectivity index (χ1n) is 6.66. The average Bonchev–Trinajstić information content (AvgIpc) is 2.53. The molecule has 114 valence electrons. The molecule has 2 rings (SSSR count). The summed E-state index contributed by atoms with van der Waals surface area (Å²) in [6.45, 7) is 0.595. The van der Waals surface area contributed by atoms with Crippen molar-refractivity contribution in [2.75, 3.05) is 7.11 Å². The summed E-state index contributed by atoms with van der Waals surface area (Å²) in [5, 5.41) is 16.8. The normalized spacial score (nSPS) is 10.4. The number of thiocarbonyl (C=S) groups is 1. The molecule has 0 amide bonds. The van der Waals surface area contributed by atoms with Gasteiger partial charge in [0.2, 0.25) is 0 Å². The second kappa shape index (κ2) is 7.99. The first-order valence-corrected chi connectivity index (χ1v) is 7.07. The molecule has 6 heteroatoms. The number of methoxy groups -OCH3 is 1. The van der Waals surface area contributed by atoms with Gasteiger partial charge in [0.25, 0.3) is 0 Å². The standard InChI is InChI=1S/C16H17N3O2S/c1-21-15-7-5-12(6-8-15)10-17-16(22)19-18-11-13-3-2-4-14(20)9-13/h2-9,11,20H,10H2,1H3,(H2,17,19,22)/b18-11-. The van der Waals surface area contributed by atoms with Crippen LogP contribution < -0.4 is 15.5 Å². The molecule has 3 N–H and O–H groups in total. The molecule has 0 bridgehead atoms. The fourth-order valence-corrected chi connectivity index (χ4v) is 1.86. The number of benzene rings is 2. The van der Waals surface area contributed by atoms with Crippen molar-refractivity contribution in [3.63, 3.8) is 0 Å². The fraction of sp³-hybridized carbons (Fsp3) is 0.125. The predicted octanol–water partition coefficient (Wildman–Crippen LogP) is 2.40. The van der Waals surface area contributed by atoms with E-state index in [1.165, 1.54) is 0 Å². The van der Waals surface area contributed by atoms with E-state index in [0.29, 0.717) is 11.7 Å². The number of hydrogen-bond donors (Lipinski definition) is 3. The number of nitrogens with one attached hydrogen (secondary N) is 2. The minimum atomic E-state index is 0.198. The Morgan fingerprint density at radius 2 is 2.05 bits per heavy atom. The van der Waals surface area contributed by atoms with Crippen molar-refractivity contribution in [1.29, 1.82) is 0 Å². The van der Waals surface area contributed by atoms with Gasteiger partial charge in [0.15, 0.2) is 5.11 Å². The van der Waals surface area contributed by atoms with Crippen LogP contribution in [0.4, 0.5) is 0 Å². The zero-order valence-electron chi connectivity index (χ0n) is 12.1. The molecule has 0 aromatic heterocycles. The van der Waals surface area contributed by atoms with Crippen LogP contribution in [0.3, 0.4) is 0 Å². The average molecular weight is 315 g/mol. The van der Waals surface area contributed by atoms with E-state index < -0.39 is 0 Å². The van der Waals surface area contributed by atoms with E-state index in [1.807, 2.05) is 30.3 Å². The highest BCUT2D eigenvalue weighted by molar-refractivity contribution is 7.80. The van der Waals surface area contributed by atoms with E-state index in [9.17, 15) is 5.11 Å². The third-order valence-electron chi connectivity index (χ3n) is 2.86. The highest BCUT2D eigenvalue weighted by Crippen LogP contribution is 2.11. The van der Waals surface area contributed by atoms with Crippen molar-refractivity contribution < 1.29 is 9.84 Å². The number of phenolic OH excluding ortho intramolecular Hbond substituents is 1. The molecule has 0 fully saturated rings. The van der Waals surface area contributed by atoms with Gasteiger partial charge in [0.05, 0.1) is 13.3 Å². The molecule has 2 aromatic carbocycles. The lowest BCUT2D eigenvalue weighted by Gasteiger charge is -2.07. The van der Waals surface area contributed by atoms with Gasteiger partial charge < -0.3 is 15.2 Å². The Kier molecular flexibility index (Phi) is 5.73. The van der Waals surface area contributed by atoms with Crippen molar-refractivity contribution in [3.05, 3.63) is 59.7 Å². The van der Waals surface area contributed by atoms with Crippen molar-refractivity contribution in [1.82, 2.24) is 10.7 Å². The molecule has 2 aromatic rings. The van der Waals surface area contributed by atoms with E-state index in [1.54, 1.807) is 31.5 Å². The molecule has 5 nitrogen and oxygen atoms in total. The minimum absolute atomic E-state index is 0.198. The van der Waals surface area contributed by atoms with Gasteiger partial charge in [-0.05, 0) is 47.6 Å². The highest BCUT2D eigenvalue weighted by atomic mass is 32.1. The van der Waals surface area contributed by atoms with Crippen molar-refractivity contribution in [2.24, 2.45) is 5.10 Å². The van der Waals surface area contributed by atoms with Crippen LogP contribution in [0.15, 0.2) is 53.6 Å². The quantitative estimate of drug-likeness (QED) is 0.449. The molecule has 0 spiro atoms. The number of rotatable bonds is 5. The first kappa shape index (κ1) is 15.8. The molecule has 0 unspecified atom stereocenters. The van der Waals surface area contributed by atoms with Gasteiger partial charge in [-0.2, -0.15) is 5.10 Å². The van der Waals surface area contributed by atoms with Gasteiger partial charge in [-0.15, -0.1) is 0 Å². The maximum atomic E-state index is 9.34. The van der Waals surface area contributed by atoms with Crippen LogP contribution in [-0.4, -0.2) is 23.5 Å². The second-order valence-electron chi connectivity index (χ2n) is 4.50. The number of aromatic hydroxyl groups is 1. The Bertz CT molecular complexity index is 657. The highest BCUT2D eigenvalue weighted by Gasteiger charge is 1.97. The summed E-state index contributed by atoms with van der Waals surface area (Å²) in [5.41, 5.74) is 4.59. The summed E-state index contributed by atoms with van der Waals surface area (Å²) in [6, 6.07) is 14.5. The SMILES string of the molecule is COc1ccc(CNC(=S)N/N=C\c2cccc(O)c2)cc1. The van der Waals surface area contributed by atoms with E-state index in [4.69, 9.17) is 17.0 Å².